The van der Waals surface area contributed by atoms with Crippen LogP contribution < -0.4 is 14.8 Å². The van der Waals surface area contributed by atoms with Crippen molar-refractivity contribution in [3.8, 4) is 22.8 Å². The van der Waals surface area contributed by atoms with Gasteiger partial charge in [0.15, 0.2) is 17.3 Å². The van der Waals surface area contributed by atoms with E-state index in [2.05, 4.69) is 26.4 Å². The lowest BCUT2D eigenvalue weighted by Crippen LogP contribution is -2.22. The first-order valence-corrected chi connectivity index (χ1v) is 8.56. The van der Waals surface area contributed by atoms with Crippen molar-refractivity contribution < 1.29 is 18.8 Å². The average Bonchev–Trinajstić information content (AvgIpc) is 3.06. The number of halogens is 1. The van der Waals surface area contributed by atoms with Crippen molar-refractivity contribution >= 4 is 21.8 Å². The Morgan fingerprint density at radius 3 is 2.87 bits per heavy atom. The zero-order chi connectivity index (χ0) is 16.1. The minimum absolute atomic E-state index is 0.00771. The molecule has 3 rings (SSSR count). The van der Waals surface area contributed by atoms with Gasteiger partial charge >= 0.3 is 0 Å². The Morgan fingerprint density at radius 1 is 1.22 bits per heavy atom. The fourth-order valence-electron chi connectivity index (χ4n) is 2.23. The predicted molar refractivity (Wildman–Crippen MR) is 87.8 cm³/mol. The molecule has 0 bridgehead atoms. The van der Waals surface area contributed by atoms with Crippen LogP contribution in [-0.2, 0) is 11.3 Å². The Labute approximate surface area is 142 Å². The number of hydrogen-bond acceptors (Lipinski definition) is 5. The Morgan fingerprint density at radius 2 is 2.04 bits per heavy atom. The summed E-state index contributed by atoms with van der Waals surface area (Å²) >= 11 is 3.30. The number of hydrogen-bond donors (Lipinski definition) is 1. The van der Waals surface area contributed by atoms with Gasteiger partial charge in [-0.15, -0.1) is 0 Å². The van der Waals surface area contributed by atoms with Gasteiger partial charge in [0.25, 0.3) is 0 Å². The minimum Gasteiger partial charge on any atom is -0.486 e. The average molecular weight is 381 g/mol. The molecule has 0 fully saturated rings. The van der Waals surface area contributed by atoms with E-state index in [1.54, 1.807) is 0 Å². The van der Waals surface area contributed by atoms with Crippen molar-refractivity contribution in [2.75, 3.05) is 18.5 Å². The third-order valence-corrected chi connectivity index (χ3v) is 3.95. The number of carbonyl (C=O) groups excluding carboxylic acids is 1. The Kier molecular flexibility index (Phi) is 5.17. The van der Waals surface area contributed by atoms with Gasteiger partial charge in [-0.3, -0.25) is 4.79 Å². The van der Waals surface area contributed by atoms with E-state index in [1.807, 2.05) is 24.3 Å². The predicted octanol–water partition coefficient (Wildman–Crippen LogP) is 2.90. The molecule has 2 aromatic rings. The number of fused-ring (bicyclic) bond motifs is 1. The van der Waals surface area contributed by atoms with Gasteiger partial charge in [0.05, 0.1) is 6.54 Å². The number of alkyl halides is 1. The van der Waals surface area contributed by atoms with Gasteiger partial charge in [-0.2, -0.15) is 0 Å². The zero-order valence-corrected chi connectivity index (χ0v) is 14.1. The zero-order valence-electron chi connectivity index (χ0n) is 12.5. The summed E-state index contributed by atoms with van der Waals surface area (Å²) in [6.07, 6.45) is 1.31. The molecular weight excluding hydrogens is 364 g/mol. The molecule has 1 amide bonds. The van der Waals surface area contributed by atoms with E-state index >= 15 is 0 Å². The summed E-state index contributed by atoms with van der Waals surface area (Å²) in [5.41, 5.74) is 1.54. The molecule has 0 unspecified atom stereocenters. The summed E-state index contributed by atoms with van der Waals surface area (Å²) in [6, 6.07) is 7.43. The highest BCUT2D eigenvalue weighted by Crippen LogP contribution is 2.34. The molecule has 7 heteroatoms. The first kappa shape index (κ1) is 15.9. The van der Waals surface area contributed by atoms with Crippen molar-refractivity contribution in [1.29, 1.82) is 0 Å². The Balaban J connectivity index is 1.64. The summed E-state index contributed by atoms with van der Waals surface area (Å²) in [5, 5.41) is 7.63. The molecular formula is C16H17BrN2O4. The van der Waals surface area contributed by atoms with Crippen LogP contribution in [0.3, 0.4) is 0 Å². The van der Waals surface area contributed by atoms with Gasteiger partial charge in [0.2, 0.25) is 5.91 Å². The molecule has 2 heterocycles. The van der Waals surface area contributed by atoms with Crippen LogP contribution in [0, 0.1) is 0 Å². The SMILES string of the molecule is O=C(CCCBr)NCc1cc(-c2ccc3c(c2)OCCO3)on1. The Hall–Kier alpha value is -2.02. The van der Waals surface area contributed by atoms with Gasteiger partial charge < -0.3 is 19.3 Å². The normalized spacial score (nSPS) is 12.9. The molecule has 1 aromatic heterocycles. The van der Waals surface area contributed by atoms with Crippen molar-refractivity contribution in [3.05, 3.63) is 30.0 Å². The van der Waals surface area contributed by atoms with E-state index in [-0.39, 0.29) is 5.91 Å². The molecule has 1 N–H and O–H groups in total. The fourth-order valence-corrected chi connectivity index (χ4v) is 2.51. The summed E-state index contributed by atoms with van der Waals surface area (Å²) in [7, 11) is 0. The van der Waals surface area contributed by atoms with Gasteiger partial charge in [0.1, 0.15) is 18.9 Å². The van der Waals surface area contributed by atoms with Gasteiger partial charge in [-0.1, -0.05) is 21.1 Å². The second kappa shape index (κ2) is 7.50. The molecule has 122 valence electrons. The highest BCUT2D eigenvalue weighted by atomic mass is 79.9. The number of carbonyl (C=O) groups is 1. The van der Waals surface area contributed by atoms with E-state index in [0.29, 0.717) is 43.4 Å². The molecule has 0 aliphatic carbocycles. The Bertz CT molecular complexity index is 686. The summed E-state index contributed by atoms with van der Waals surface area (Å²) in [4.78, 5) is 11.6. The van der Waals surface area contributed by atoms with Crippen LogP contribution in [0.1, 0.15) is 18.5 Å². The van der Waals surface area contributed by atoms with Crippen LogP contribution in [0.15, 0.2) is 28.8 Å². The number of rotatable bonds is 6. The van der Waals surface area contributed by atoms with Crippen LogP contribution in [0.5, 0.6) is 11.5 Å². The third kappa shape index (κ3) is 4.04. The topological polar surface area (TPSA) is 73.6 Å². The highest BCUT2D eigenvalue weighted by Gasteiger charge is 2.15. The maximum absolute atomic E-state index is 11.6. The van der Waals surface area contributed by atoms with Crippen LogP contribution in [0.25, 0.3) is 11.3 Å². The number of amides is 1. The molecule has 0 saturated carbocycles. The summed E-state index contributed by atoms with van der Waals surface area (Å²) < 4.78 is 16.4. The first-order chi connectivity index (χ1) is 11.3. The molecule has 1 aromatic carbocycles. The quantitative estimate of drug-likeness (QED) is 0.779. The summed E-state index contributed by atoms with van der Waals surface area (Å²) in [5.74, 6) is 2.08. The largest absolute Gasteiger partial charge is 0.486 e. The fraction of sp³-hybridized carbons (Fsp3) is 0.375. The smallest absolute Gasteiger partial charge is 0.220 e. The molecule has 0 atom stereocenters. The van der Waals surface area contributed by atoms with E-state index in [9.17, 15) is 4.79 Å². The first-order valence-electron chi connectivity index (χ1n) is 7.44. The third-order valence-electron chi connectivity index (χ3n) is 3.39. The van der Waals surface area contributed by atoms with Crippen LogP contribution in [0.4, 0.5) is 0 Å². The highest BCUT2D eigenvalue weighted by molar-refractivity contribution is 9.09. The van der Waals surface area contributed by atoms with Crippen molar-refractivity contribution in [3.63, 3.8) is 0 Å². The molecule has 23 heavy (non-hydrogen) atoms. The van der Waals surface area contributed by atoms with Crippen molar-refractivity contribution in [2.45, 2.75) is 19.4 Å². The molecule has 0 saturated heterocycles. The van der Waals surface area contributed by atoms with Gasteiger partial charge in [0, 0.05) is 23.4 Å². The van der Waals surface area contributed by atoms with Crippen LogP contribution in [-0.4, -0.2) is 29.6 Å². The van der Waals surface area contributed by atoms with E-state index in [0.717, 1.165) is 23.1 Å². The van der Waals surface area contributed by atoms with E-state index in [1.165, 1.54) is 0 Å². The van der Waals surface area contributed by atoms with E-state index in [4.69, 9.17) is 14.0 Å². The maximum Gasteiger partial charge on any atom is 0.220 e. The van der Waals surface area contributed by atoms with Gasteiger partial charge in [-0.05, 0) is 24.6 Å². The molecule has 0 spiro atoms. The van der Waals surface area contributed by atoms with Crippen LogP contribution >= 0.6 is 15.9 Å². The summed E-state index contributed by atoms with van der Waals surface area (Å²) in [6.45, 7) is 1.46. The lowest BCUT2D eigenvalue weighted by atomic mass is 10.1. The lowest BCUT2D eigenvalue weighted by molar-refractivity contribution is -0.121. The number of nitrogens with one attached hydrogen (secondary N) is 1. The van der Waals surface area contributed by atoms with Crippen LogP contribution in [0.2, 0.25) is 0 Å². The molecule has 1 aliphatic heterocycles. The standard InChI is InChI=1S/C16H17BrN2O4/c17-5-1-2-16(20)18-10-12-9-14(23-19-12)11-3-4-13-15(8-11)22-7-6-21-13/h3-4,8-9H,1-2,5-7,10H2,(H,18,20). The monoisotopic (exact) mass is 380 g/mol. The molecule has 6 nitrogen and oxygen atoms in total. The number of aromatic nitrogens is 1. The maximum atomic E-state index is 11.6. The van der Waals surface area contributed by atoms with Crippen molar-refractivity contribution in [1.82, 2.24) is 10.5 Å². The van der Waals surface area contributed by atoms with Crippen molar-refractivity contribution in [2.24, 2.45) is 0 Å². The van der Waals surface area contributed by atoms with Gasteiger partial charge in [-0.25, -0.2) is 0 Å². The second-order valence-electron chi connectivity index (χ2n) is 5.11. The van der Waals surface area contributed by atoms with E-state index < -0.39 is 0 Å². The lowest BCUT2D eigenvalue weighted by Gasteiger charge is -2.18. The second-order valence-corrected chi connectivity index (χ2v) is 5.90. The number of nitrogens with zero attached hydrogens (tertiary/aromatic N) is 1. The number of benzene rings is 1. The number of ether oxygens (including phenoxy) is 2. The molecule has 0 radical (unpaired) electrons. The minimum atomic E-state index is 0.00771. The molecule has 1 aliphatic rings.